The van der Waals surface area contributed by atoms with Crippen LogP contribution in [0.2, 0.25) is 5.02 Å². The largest absolute Gasteiger partial charge is 0.339 e. The van der Waals surface area contributed by atoms with Crippen molar-refractivity contribution in [2.75, 3.05) is 39.3 Å². The van der Waals surface area contributed by atoms with E-state index in [0.717, 1.165) is 43.3 Å². The third-order valence-electron chi connectivity index (χ3n) is 4.72. The lowest BCUT2D eigenvalue weighted by Crippen LogP contribution is -2.50. The van der Waals surface area contributed by atoms with Crippen molar-refractivity contribution in [2.45, 2.75) is 6.54 Å². The quantitative estimate of drug-likeness (QED) is 0.796. The van der Waals surface area contributed by atoms with E-state index in [0.29, 0.717) is 13.1 Å². The molecule has 1 aliphatic rings. The smallest absolute Gasteiger partial charge is 0.236 e. The molecule has 1 aliphatic heterocycles. The van der Waals surface area contributed by atoms with E-state index in [-0.39, 0.29) is 5.91 Å². The molecule has 0 spiro atoms. The maximum absolute atomic E-state index is 12.4. The predicted octanol–water partition coefficient (Wildman–Crippen LogP) is 3.29. The molecule has 0 radical (unpaired) electrons. The zero-order valence-electron chi connectivity index (χ0n) is 15.5. The van der Waals surface area contributed by atoms with Crippen LogP contribution in [-0.2, 0) is 11.3 Å². The number of carbonyl (C=O) groups excluding carboxylic acids is 1. The fraction of sp³-hybridized carbons (Fsp3) is 0.318. The number of rotatable bonds is 7. The van der Waals surface area contributed by atoms with Crippen LogP contribution in [0.1, 0.15) is 11.1 Å². The van der Waals surface area contributed by atoms with Crippen LogP contribution in [0.3, 0.4) is 0 Å². The minimum Gasteiger partial charge on any atom is -0.339 e. The Morgan fingerprint density at radius 2 is 1.70 bits per heavy atom. The van der Waals surface area contributed by atoms with Gasteiger partial charge in [-0.05, 0) is 23.3 Å². The second-order valence-corrected chi connectivity index (χ2v) is 7.16. The molecule has 1 fully saturated rings. The van der Waals surface area contributed by atoms with Gasteiger partial charge in [-0.3, -0.25) is 9.69 Å². The van der Waals surface area contributed by atoms with Crippen LogP contribution in [0.5, 0.6) is 0 Å². The highest BCUT2D eigenvalue weighted by Gasteiger charge is 2.19. The van der Waals surface area contributed by atoms with Crippen molar-refractivity contribution < 1.29 is 4.79 Å². The molecular weight excluding hydrogens is 358 g/mol. The molecule has 0 bridgehead atoms. The van der Waals surface area contributed by atoms with Crippen molar-refractivity contribution >= 4 is 23.6 Å². The van der Waals surface area contributed by atoms with E-state index in [1.165, 1.54) is 5.56 Å². The summed E-state index contributed by atoms with van der Waals surface area (Å²) in [6.45, 7) is 5.39. The summed E-state index contributed by atoms with van der Waals surface area (Å²) in [4.78, 5) is 16.7. The predicted molar refractivity (Wildman–Crippen MR) is 112 cm³/mol. The first-order valence-corrected chi connectivity index (χ1v) is 9.75. The van der Waals surface area contributed by atoms with Crippen molar-refractivity contribution in [2.24, 2.45) is 0 Å². The zero-order chi connectivity index (χ0) is 18.9. The van der Waals surface area contributed by atoms with Crippen molar-refractivity contribution in [1.82, 2.24) is 15.1 Å². The van der Waals surface area contributed by atoms with Crippen molar-refractivity contribution in [1.29, 1.82) is 0 Å². The summed E-state index contributed by atoms with van der Waals surface area (Å²) >= 11 is 5.88. The standard InChI is InChI=1S/C22H26ClN3O/c23-21-10-8-20(9-11-21)17-24-18-22(27)26-15-13-25(14-16-26)12-4-7-19-5-2-1-3-6-19/h1-11,24H,12-18H2/b7-4+. The van der Waals surface area contributed by atoms with Gasteiger partial charge in [0.05, 0.1) is 6.54 Å². The zero-order valence-corrected chi connectivity index (χ0v) is 16.2. The van der Waals surface area contributed by atoms with Gasteiger partial charge in [-0.2, -0.15) is 0 Å². The Bertz CT molecular complexity index is 738. The number of hydrogen-bond acceptors (Lipinski definition) is 3. The molecule has 1 heterocycles. The van der Waals surface area contributed by atoms with Crippen molar-refractivity contribution in [3.05, 3.63) is 76.8 Å². The molecule has 3 rings (SSSR count). The fourth-order valence-electron chi connectivity index (χ4n) is 3.11. The van der Waals surface area contributed by atoms with E-state index in [4.69, 9.17) is 11.6 Å². The van der Waals surface area contributed by atoms with Crippen LogP contribution in [0.4, 0.5) is 0 Å². The summed E-state index contributed by atoms with van der Waals surface area (Å²) in [6, 6.07) is 18.0. The van der Waals surface area contributed by atoms with E-state index in [1.54, 1.807) is 0 Å². The molecule has 1 amide bonds. The normalized spacial score (nSPS) is 15.4. The topological polar surface area (TPSA) is 35.6 Å². The molecule has 0 unspecified atom stereocenters. The van der Waals surface area contributed by atoms with Gasteiger partial charge < -0.3 is 10.2 Å². The Kier molecular flexibility index (Phi) is 7.45. The Hall–Kier alpha value is -2.14. The summed E-state index contributed by atoms with van der Waals surface area (Å²) in [5, 5.41) is 3.95. The van der Waals surface area contributed by atoms with E-state index < -0.39 is 0 Å². The third kappa shape index (κ3) is 6.51. The Labute approximate surface area is 166 Å². The van der Waals surface area contributed by atoms with Gasteiger partial charge in [0.1, 0.15) is 0 Å². The minimum atomic E-state index is 0.170. The van der Waals surface area contributed by atoms with Crippen molar-refractivity contribution in [3.63, 3.8) is 0 Å². The molecule has 142 valence electrons. The molecule has 0 aliphatic carbocycles. The average molecular weight is 384 g/mol. The monoisotopic (exact) mass is 383 g/mol. The van der Waals surface area contributed by atoms with Crippen LogP contribution in [0.25, 0.3) is 6.08 Å². The summed E-state index contributed by atoms with van der Waals surface area (Å²) < 4.78 is 0. The van der Waals surface area contributed by atoms with Gasteiger partial charge in [-0.25, -0.2) is 0 Å². The highest BCUT2D eigenvalue weighted by atomic mass is 35.5. The highest BCUT2D eigenvalue weighted by Crippen LogP contribution is 2.09. The van der Waals surface area contributed by atoms with Gasteiger partial charge in [-0.1, -0.05) is 66.2 Å². The molecule has 5 heteroatoms. The first-order chi connectivity index (χ1) is 13.2. The Balaban J connectivity index is 1.34. The summed E-state index contributed by atoms with van der Waals surface area (Å²) in [5.41, 5.74) is 2.35. The van der Waals surface area contributed by atoms with Gasteiger partial charge in [-0.15, -0.1) is 0 Å². The van der Waals surface area contributed by atoms with Gasteiger partial charge in [0.2, 0.25) is 5.91 Å². The highest BCUT2D eigenvalue weighted by molar-refractivity contribution is 6.30. The van der Waals surface area contributed by atoms with E-state index in [1.807, 2.05) is 47.4 Å². The van der Waals surface area contributed by atoms with Crippen LogP contribution in [0, 0.1) is 0 Å². The molecule has 1 saturated heterocycles. The van der Waals surface area contributed by atoms with Crippen LogP contribution in [-0.4, -0.2) is 55.0 Å². The van der Waals surface area contributed by atoms with Gasteiger partial charge in [0.25, 0.3) is 0 Å². The molecule has 2 aromatic rings. The van der Waals surface area contributed by atoms with Crippen LogP contribution < -0.4 is 5.32 Å². The molecule has 0 aromatic heterocycles. The third-order valence-corrected chi connectivity index (χ3v) is 4.97. The molecule has 27 heavy (non-hydrogen) atoms. The number of amides is 1. The molecule has 1 N–H and O–H groups in total. The number of piperazine rings is 1. The summed E-state index contributed by atoms with van der Waals surface area (Å²) in [5.74, 6) is 0.170. The molecular formula is C22H26ClN3O. The second kappa shape index (κ2) is 10.3. The Morgan fingerprint density at radius 1 is 1.00 bits per heavy atom. The number of nitrogens with zero attached hydrogens (tertiary/aromatic N) is 2. The summed E-state index contributed by atoms with van der Waals surface area (Å²) in [6.07, 6.45) is 4.35. The van der Waals surface area contributed by atoms with Gasteiger partial charge in [0.15, 0.2) is 0 Å². The number of hydrogen-bond donors (Lipinski definition) is 1. The molecule has 0 atom stereocenters. The van der Waals surface area contributed by atoms with E-state index >= 15 is 0 Å². The SMILES string of the molecule is O=C(CNCc1ccc(Cl)cc1)N1CCN(C/C=C/c2ccccc2)CC1. The number of halogens is 1. The lowest BCUT2D eigenvalue weighted by Gasteiger charge is -2.34. The van der Waals surface area contributed by atoms with Crippen LogP contribution >= 0.6 is 11.6 Å². The number of carbonyl (C=O) groups is 1. The molecule has 2 aromatic carbocycles. The molecule has 0 saturated carbocycles. The molecule has 4 nitrogen and oxygen atoms in total. The lowest BCUT2D eigenvalue weighted by molar-refractivity contribution is -0.131. The fourth-order valence-corrected chi connectivity index (χ4v) is 3.24. The lowest BCUT2D eigenvalue weighted by atomic mass is 10.2. The van der Waals surface area contributed by atoms with Crippen LogP contribution in [0.15, 0.2) is 60.7 Å². The number of benzene rings is 2. The van der Waals surface area contributed by atoms with E-state index in [2.05, 4.69) is 34.5 Å². The van der Waals surface area contributed by atoms with Gasteiger partial charge in [0, 0.05) is 44.3 Å². The summed E-state index contributed by atoms with van der Waals surface area (Å²) in [7, 11) is 0. The first-order valence-electron chi connectivity index (χ1n) is 9.37. The Morgan fingerprint density at radius 3 is 2.41 bits per heavy atom. The van der Waals surface area contributed by atoms with E-state index in [9.17, 15) is 4.79 Å². The average Bonchev–Trinajstić information content (AvgIpc) is 2.71. The van der Waals surface area contributed by atoms with Gasteiger partial charge >= 0.3 is 0 Å². The maximum Gasteiger partial charge on any atom is 0.236 e. The maximum atomic E-state index is 12.4. The minimum absolute atomic E-state index is 0.170. The number of nitrogens with one attached hydrogen (secondary N) is 1. The first kappa shape index (κ1) is 19.6. The van der Waals surface area contributed by atoms with Crippen molar-refractivity contribution in [3.8, 4) is 0 Å². The second-order valence-electron chi connectivity index (χ2n) is 6.72.